The lowest BCUT2D eigenvalue weighted by molar-refractivity contribution is 0.300. The Morgan fingerprint density at radius 2 is 1.75 bits per heavy atom. The number of imidazole rings is 1. The maximum atomic E-state index is 5.90. The van der Waals surface area contributed by atoms with E-state index in [-0.39, 0.29) is 0 Å². The average molecular weight is 437 g/mol. The summed E-state index contributed by atoms with van der Waals surface area (Å²) >= 11 is 3.56. The fraction of sp³-hybridized carbons (Fsp3) is 0.174. The number of fused-ring (bicyclic) bond motifs is 1. The molecule has 4 nitrogen and oxygen atoms in total. The van der Waals surface area contributed by atoms with E-state index in [2.05, 4.69) is 50.8 Å². The van der Waals surface area contributed by atoms with Crippen LogP contribution in [0.1, 0.15) is 6.42 Å². The highest BCUT2D eigenvalue weighted by Crippen LogP contribution is 2.27. The zero-order chi connectivity index (χ0) is 19.3. The molecule has 0 spiro atoms. The molecule has 0 amide bonds. The predicted octanol–water partition coefficient (Wildman–Crippen LogP) is 5.94. The lowest BCUT2D eigenvalue weighted by Crippen LogP contribution is -2.06. The van der Waals surface area contributed by atoms with Crippen LogP contribution in [0.3, 0.4) is 0 Å². The summed E-state index contributed by atoms with van der Waals surface area (Å²) in [7, 11) is 1.66. The second-order valence-electron chi connectivity index (χ2n) is 6.47. The maximum absolute atomic E-state index is 5.90. The fourth-order valence-electron chi connectivity index (χ4n) is 3.25. The molecule has 142 valence electrons. The number of hydrogen-bond acceptors (Lipinski definition) is 3. The van der Waals surface area contributed by atoms with Crippen LogP contribution in [-0.2, 0) is 6.54 Å². The van der Waals surface area contributed by atoms with Crippen molar-refractivity contribution in [1.82, 2.24) is 9.55 Å². The number of hydrogen-bond donors (Lipinski definition) is 0. The smallest absolute Gasteiger partial charge is 0.141 e. The number of para-hydroxylation sites is 2. The van der Waals surface area contributed by atoms with Gasteiger partial charge in [-0.05, 0) is 42.8 Å². The van der Waals surface area contributed by atoms with E-state index >= 15 is 0 Å². The van der Waals surface area contributed by atoms with Gasteiger partial charge in [0.05, 0.1) is 24.8 Å². The van der Waals surface area contributed by atoms with E-state index in [1.807, 2.05) is 42.5 Å². The van der Waals surface area contributed by atoms with Crippen molar-refractivity contribution < 1.29 is 9.47 Å². The number of methoxy groups -OCH3 is 1. The first kappa shape index (κ1) is 18.6. The molecule has 0 bridgehead atoms. The molecule has 4 rings (SSSR count). The molecule has 0 unspecified atom stereocenters. The number of halogens is 1. The molecule has 3 aromatic carbocycles. The largest absolute Gasteiger partial charge is 0.497 e. The van der Waals surface area contributed by atoms with Crippen LogP contribution >= 0.6 is 15.9 Å². The number of aromatic nitrogens is 2. The molecular weight excluding hydrogens is 416 g/mol. The van der Waals surface area contributed by atoms with Crippen molar-refractivity contribution in [2.45, 2.75) is 13.0 Å². The summed E-state index contributed by atoms with van der Waals surface area (Å²) in [6, 6.07) is 24.2. The molecule has 0 radical (unpaired) electrons. The van der Waals surface area contributed by atoms with Gasteiger partial charge in [-0.3, -0.25) is 0 Å². The van der Waals surface area contributed by atoms with Gasteiger partial charge in [-0.2, -0.15) is 0 Å². The zero-order valence-electron chi connectivity index (χ0n) is 15.6. The molecule has 0 saturated heterocycles. The van der Waals surface area contributed by atoms with Crippen molar-refractivity contribution in [3.63, 3.8) is 0 Å². The van der Waals surface area contributed by atoms with Crippen LogP contribution in [0.4, 0.5) is 0 Å². The number of ether oxygens (including phenoxy) is 2. The summed E-state index contributed by atoms with van der Waals surface area (Å²) < 4.78 is 14.5. The van der Waals surface area contributed by atoms with Gasteiger partial charge in [0.1, 0.15) is 17.3 Å². The molecule has 1 heterocycles. The number of rotatable bonds is 7. The van der Waals surface area contributed by atoms with Gasteiger partial charge in [0.15, 0.2) is 0 Å². The maximum Gasteiger partial charge on any atom is 0.141 e. The predicted molar refractivity (Wildman–Crippen MR) is 116 cm³/mol. The molecule has 0 N–H and O–H groups in total. The van der Waals surface area contributed by atoms with Gasteiger partial charge in [-0.1, -0.05) is 46.3 Å². The van der Waals surface area contributed by atoms with Gasteiger partial charge in [-0.15, -0.1) is 0 Å². The zero-order valence-corrected chi connectivity index (χ0v) is 17.2. The minimum absolute atomic E-state index is 0.623. The highest BCUT2D eigenvalue weighted by atomic mass is 79.9. The van der Waals surface area contributed by atoms with Gasteiger partial charge in [0.2, 0.25) is 0 Å². The second kappa shape index (κ2) is 8.48. The molecular formula is C23H21BrN2O2. The second-order valence-corrected chi connectivity index (χ2v) is 7.38. The third-order valence-corrected chi connectivity index (χ3v) is 5.07. The minimum atomic E-state index is 0.623. The molecule has 0 aliphatic rings. The Morgan fingerprint density at radius 1 is 0.929 bits per heavy atom. The molecule has 0 aliphatic heterocycles. The molecule has 1 aromatic heterocycles. The van der Waals surface area contributed by atoms with Crippen molar-refractivity contribution in [3.05, 3.63) is 77.3 Å². The molecule has 4 aromatic rings. The van der Waals surface area contributed by atoms with Crippen molar-refractivity contribution in [2.24, 2.45) is 0 Å². The molecule has 0 aliphatic carbocycles. The Balaban J connectivity index is 1.53. The molecule has 0 saturated carbocycles. The Bertz CT molecular complexity index is 1090. The van der Waals surface area contributed by atoms with Crippen LogP contribution in [0.2, 0.25) is 0 Å². The summed E-state index contributed by atoms with van der Waals surface area (Å²) in [5.74, 6) is 2.60. The first-order valence-corrected chi connectivity index (χ1v) is 10.0. The number of aryl methyl sites for hydroxylation is 1. The van der Waals surface area contributed by atoms with E-state index in [0.29, 0.717) is 6.61 Å². The van der Waals surface area contributed by atoms with Crippen LogP contribution in [0.5, 0.6) is 11.5 Å². The highest BCUT2D eigenvalue weighted by Gasteiger charge is 2.12. The van der Waals surface area contributed by atoms with E-state index in [4.69, 9.17) is 14.5 Å². The quantitative estimate of drug-likeness (QED) is 0.336. The third-order valence-electron chi connectivity index (χ3n) is 4.57. The minimum Gasteiger partial charge on any atom is -0.497 e. The lowest BCUT2D eigenvalue weighted by Gasteiger charge is -2.11. The summed E-state index contributed by atoms with van der Waals surface area (Å²) in [5.41, 5.74) is 3.24. The van der Waals surface area contributed by atoms with Crippen LogP contribution in [0.25, 0.3) is 22.4 Å². The molecule has 0 atom stereocenters. The van der Waals surface area contributed by atoms with E-state index in [0.717, 1.165) is 51.4 Å². The van der Waals surface area contributed by atoms with Gasteiger partial charge in [0.25, 0.3) is 0 Å². The van der Waals surface area contributed by atoms with E-state index < -0.39 is 0 Å². The highest BCUT2D eigenvalue weighted by molar-refractivity contribution is 9.10. The van der Waals surface area contributed by atoms with Gasteiger partial charge >= 0.3 is 0 Å². The van der Waals surface area contributed by atoms with E-state index in [1.165, 1.54) is 0 Å². The SMILES string of the molecule is COc1cccc(OCCCn2c(-c3cccc(Br)c3)nc3ccccc32)c1. The van der Waals surface area contributed by atoms with E-state index in [9.17, 15) is 0 Å². The van der Waals surface area contributed by atoms with Crippen molar-refractivity contribution >= 4 is 27.0 Å². The summed E-state index contributed by atoms with van der Waals surface area (Å²) in [4.78, 5) is 4.87. The van der Waals surface area contributed by atoms with Crippen molar-refractivity contribution in [1.29, 1.82) is 0 Å². The third kappa shape index (κ3) is 4.04. The first-order chi connectivity index (χ1) is 13.7. The lowest BCUT2D eigenvalue weighted by atomic mass is 10.2. The summed E-state index contributed by atoms with van der Waals surface area (Å²) in [6.07, 6.45) is 0.874. The Kier molecular flexibility index (Phi) is 5.63. The topological polar surface area (TPSA) is 36.3 Å². The van der Waals surface area contributed by atoms with Gasteiger partial charge < -0.3 is 14.0 Å². The normalized spacial score (nSPS) is 10.9. The Hall–Kier alpha value is -2.79. The average Bonchev–Trinajstić information content (AvgIpc) is 3.10. The van der Waals surface area contributed by atoms with Crippen molar-refractivity contribution in [2.75, 3.05) is 13.7 Å². The molecule has 5 heteroatoms. The van der Waals surface area contributed by atoms with Crippen LogP contribution in [0.15, 0.2) is 77.3 Å². The van der Waals surface area contributed by atoms with Gasteiger partial charge in [0, 0.05) is 22.6 Å². The fourth-order valence-corrected chi connectivity index (χ4v) is 3.65. The van der Waals surface area contributed by atoms with Crippen LogP contribution in [-0.4, -0.2) is 23.3 Å². The summed E-state index contributed by atoms with van der Waals surface area (Å²) in [6.45, 7) is 1.45. The van der Waals surface area contributed by atoms with Gasteiger partial charge in [-0.25, -0.2) is 4.98 Å². The Morgan fingerprint density at radius 3 is 2.61 bits per heavy atom. The number of nitrogens with zero attached hydrogens (tertiary/aromatic N) is 2. The summed E-state index contributed by atoms with van der Waals surface area (Å²) in [5, 5.41) is 0. The first-order valence-electron chi connectivity index (χ1n) is 9.22. The monoisotopic (exact) mass is 436 g/mol. The van der Waals surface area contributed by atoms with E-state index in [1.54, 1.807) is 7.11 Å². The Labute approximate surface area is 172 Å². The van der Waals surface area contributed by atoms with Crippen molar-refractivity contribution in [3.8, 4) is 22.9 Å². The number of benzene rings is 3. The molecule has 0 fully saturated rings. The molecule has 28 heavy (non-hydrogen) atoms. The standard InChI is InChI=1S/C23H21BrN2O2/c1-27-19-9-5-10-20(16-19)28-14-6-13-26-22-12-3-2-11-21(22)25-23(26)17-7-4-8-18(24)15-17/h2-5,7-12,15-16H,6,13-14H2,1H3. The van der Waals surface area contributed by atoms with Crippen LogP contribution in [0, 0.1) is 0 Å². The van der Waals surface area contributed by atoms with Crippen LogP contribution < -0.4 is 9.47 Å².